The summed E-state index contributed by atoms with van der Waals surface area (Å²) in [6.45, 7) is 33.2. The average Bonchev–Trinajstić information content (AvgIpc) is 1.66. The second-order valence-corrected chi connectivity index (χ2v) is 64.2. The van der Waals surface area contributed by atoms with Crippen LogP contribution < -0.4 is 51.4 Å². The van der Waals surface area contributed by atoms with E-state index >= 15 is 0 Å². The second-order valence-electron chi connectivity index (χ2n) is 44.4. The smallest absolute Gasteiger partial charge is 1.00 e. The molecule has 0 radical (unpaired) electrons. The van der Waals surface area contributed by atoms with Gasteiger partial charge in [0.25, 0.3) is 0 Å². The Kier molecular flexibility index (Phi) is 174. The zero-order valence-electron chi connectivity index (χ0n) is 105. The molecular weight excluding hydrogens is 2170 g/mol. The van der Waals surface area contributed by atoms with Gasteiger partial charge in [-0.05, 0) is 85.9 Å². The summed E-state index contributed by atoms with van der Waals surface area (Å²) in [5.74, 6) is 2.94. The third kappa shape index (κ3) is 83.7. The van der Waals surface area contributed by atoms with Gasteiger partial charge < -0.3 is 124 Å². The van der Waals surface area contributed by atoms with Gasteiger partial charge in [0.15, 0.2) is 12.6 Å². The molecule has 10 saturated carbocycles. The van der Waals surface area contributed by atoms with Gasteiger partial charge in [-0.15, -0.1) is 0 Å². The SMILES string of the molecule is C.C.C.C1CCCC1.C1CCCC1.C1CCCC1.C1CCCC1.C1CCCC1.CCCC[Si](CCCC)(CCCC)C1CCCC1C1OCCC(COC)O1.CCCC[Si](CCCC)(CCCC)C1CCCC1C=O.CCCC[Si](CCCC)(CCCC)C1CCCC1C=O.CCCC[Si](CCCC)(CCCC)C1CCCC1COCCCO.COCC1CCOC(C2CCCC2)O1.P.[CH3-].[CH3-].[CH3-].[CH3-].[CH3-].[CH3-].[CH3-].[CH3-].[CH3-].[CH3-].[Fe+2].[Fe+2].[Fe+2].[Fe+2].[Fe+2].[H-].[K+]. The largest absolute Gasteiger partial charge is 2.00 e. The Morgan fingerprint density at radius 2 is 0.507 bits per heavy atom. The summed E-state index contributed by atoms with van der Waals surface area (Å²) in [6, 6.07) is 18.3. The summed E-state index contributed by atoms with van der Waals surface area (Å²) in [6.07, 6.45) is 98.0. The van der Waals surface area contributed by atoms with E-state index in [2.05, 4.69) is 83.1 Å². The Morgan fingerprint density at radius 3 is 0.760 bits per heavy atom. The molecule has 0 aromatic carbocycles. The van der Waals surface area contributed by atoms with Gasteiger partial charge in [0.1, 0.15) is 12.6 Å². The first-order valence-corrected chi connectivity index (χ1v) is 70.2. The van der Waals surface area contributed by atoms with Crippen LogP contribution in [-0.2, 0) is 128 Å². The van der Waals surface area contributed by atoms with E-state index in [9.17, 15) is 9.59 Å². The van der Waals surface area contributed by atoms with Crippen molar-refractivity contribution in [3.63, 3.8) is 0 Å². The molecule has 0 aromatic heterocycles. The number of unbranched alkanes of at least 4 members (excludes halogenated alkanes) is 12. The minimum atomic E-state index is -1.30. The van der Waals surface area contributed by atoms with Crippen molar-refractivity contribution in [2.75, 3.05) is 60.5 Å². The van der Waals surface area contributed by atoms with E-state index in [1.165, 1.54) is 466 Å². The summed E-state index contributed by atoms with van der Waals surface area (Å²) in [5.41, 5.74) is 3.57. The molecule has 12 rings (SSSR count). The van der Waals surface area contributed by atoms with Crippen molar-refractivity contribution in [2.45, 2.75) is 661 Å². The van der Waals surface area contributed by atoms with Crippen LogP contribution in [0.2, 0.25) is 94.7 Å². The molecule has 10 aliphatic carbocycles. The van der Waals surface area contributed by atoms with Crippen molar-refractivity contribution in [3.8, 4) is 0 Å². The normalized spacial score (nSPS) is 22.2. The van der Waals surface area contributed by atoms with Crippen LogP contribution in [0.3, 0.4) is 0 Å². The molecule has 0 bridgehead atoms. The Morgan fingerprint density at radius 1 is 0.280 bits per heavy atom. The first-order valence-electron chi connectivity index (χ1n) is 59.4. The Balaban J connectivity index is -0.0000000777. The van der Waals surface area contributed by atoms with Crippen LogP contribution in [0.1, 0.15) is 543 Å². The predicted octanol–water partition coefficient (Wildman–Crippen LogP) is 40.9. The molecule has 13 atom stereocenters. The number of aldehydes is 2. The van der Waals surface area contributed by atoms with Gasteiger partial charge in [0.2, 0.25) is 0 Å². The van der Waals surface area contributed by atoms with Gasteiger partial charge in [0, 0.05) is 57.7 Å². The number of hydrogen-bond donors (Lipinski definition) is 1. The van der Waals surface area contributed by atoms with Gasteiger partial charge in [-0.3, -0.25) is 0 Å². The quantitative estimate of drug-likeness (QED) is 0.0207. The van der Waals surface area contributed by atoms with Crippen LogP contribution in [0.5, 0.6) is 0 Å². The Labute approximate surface area is 1060 Å². The van der Waals surface area contributed by atoms with Crippen molar-refractivity contribution in [3.05, 3.63) is 74.3 Å². The van der Waals surface area contributed by atoms with Crippen LogP contribution in [0.4, 0.5) is 0 Å². The minimum Gasteiger partial charge on any atom is -1.00 e. The third-order valence-corrected chi connectivity index (χ3v) is 59.6. The van der Waals surface area contributed by atoms with E-state index in [1.54, 1.807) is 50.5 Å². The van der Waals surface area contributed by atoms with Crippen LogP contribution in [-0.4, -0.2) is 135 Å². The number of aliphatic hydroxyl groups is 1. The zero-order valence-corrected chi connectivity index (χ0v) is 118. The summed E-state index contributed by atoms with van der Waals surface area (Å²) in [5, 5.41) is 8.96. The van der Waals surface area contributed by atoms with Crippen molar-refractivity contribution in [1.82, 2.24) is 0 Å². The van der Waals surface area contributed by atoms with E-state index in [0.717, 1.165) is 73.8 Å². The van der Waals surface area contributed by atoms with E-state index in [4.69, 9.17) is 38.3 Å². The molecule has 2 heterocycles. The fourth-order valence-corrected chi connectivity index (χ4v) is 54.6. The van der Waals surface area contributed by atoms with Crippen LogP contribution in [0.15, 0.2) is 0 Å². The minimum absolute atomic E-state index is 0. The van der Waals surface area contributed by atoms with Crippen LogP contribution >= 0.6 is 9.90 Å². The summed E-state index contributed by atoms with van der Waals surface area (Å²) in [4.78, 5) is 23.0. The Bertz CT molecular complexity index is 2250. The van der Waals surface area contributed by atoms with Crippen LogP contribution in [0, 0.1) is 104 Å². The number of carbonyl (C=O) groups is 2. The van der Waals surface area contributed by atoms with E-state index in [-0.39, 0.29) is 276 Å². The molecule has 12 aliphatic rings. The maximum absolute atomic E-state index is 11.5. The number of rotatable bonds is 53. The number of ether oxygens (including phenoxy) is 7. The summed E-state index contributed by atoms with van der Waals surface area (Å²) < 4.78 is 40.6. The number of hydrogen-bond acceptors (Lipinski definition) is 10. The van der Waals surface area contributed by atoms with Crippen molar-refractivity contribution in [1.29, 1.82) is 0 Å². The van der Waals surface area contributed by atoms with E-state index in [1.807, 2.05) is 0 Å². The van der Waals surface area contributed by atoms with Crippen molar-refractivity contribution >= 4 is 54.8 Å². The predicted molar refractivity (Wildman–Crippen MR) is 675 cm³/mol. The van der Waals surface area contributed by atoms with Crippen LogP contribution in [0.25, 0.3) is 0 Å². The third-order valence-electron chi connectivity index (χ3n) is 34.2. The summed E-state index contributed by atoms with van der Waals surface area (Å²) in [7, 11) is -1.46. The number of methoxy groups -OCH3 is 2. The molecular formula is C129H278Fe5KO10PSi4. The van der Waals surface area contributed by atoms with Crippen molar-refractivity contribution in [2.24, 2.45) is 29.6 Å². The molecule has 2 aliphatic heterocycles. The first kappa shape index (κ1) is 195. The molecule has 0 spiro atoms. The van der Waals surface area contributed by atoms with E-state index in [0.29, 0.717) is 36.9 Å². The molecule has 150 heavy (non-hydrogen) atoms. The first-order chi connectivity index (χ1) is 63.8. The average molecular weight is 2450 g/mol. The molecule has 916 valence electrons. The van der Waals surface area contributed by atoms with Crippen molar-refractivity contribution < 1.29 is 186 Å². The standard InChI is InChI=1S/C23H46O3Si.C21H44O2Si.2C18H36OSi.C11H20O3.5C5H10.3CH4.10CH3.5Fe.K.H3P.H/c1-5-8-16-27(17-9-6-2,18-10-7-3)22-13-11-12-21(22)23-25-15-14-20(26-23)19-24-4;1-4-7-16-24(17-8-5-2,18-9-6-3)21-13-10-12-20(21)19-23-15-11-14-22;2*1-4-7-13-20(14-8-5-2,15-9-6-3)18-12-10-11-17(18)16-19;1-12-8-10-6-7-13-11(14-10)9-4-2-3-5-9;5*1-2-4-5-3-1;;;;;;;;;;;;;;;;;;;;;/h20-23H,5-19H2,1-4H3;20-22H,4-19H2,1-3H3;2*16-18H,4-15H2,1-3H3;9-11H,2-8H2,1H3;5*1-5H2;3*1H4;10*1H3;;;;;;;1H3;/q;;;;;;;;;;;;;10*-1;5*+2;+1;;-1. The molecule has 10 nitrogen and oxygen atoms in total. The van der Waals surface area contributed by atoms with Gasteiger partial charge in [-0.25, -0.2) is 0 Å². The second kappa shape index (κ2) is 134. The molecule has 0 amide bonds. The maximum Gasteiger partial charge on any atom is 2.00 e. The molecule has 13 unspecified atom stereocenters. The van der Waals surface area contributed by atoms with Gasteiger partial charge >= 0.3 is 137 Å². The van der Waals surface area contributed by atoms with Gasteiger partial charge in [-0.2, -0.15) is 9.90 Å². The fraction of sp³-hybridized carbons (Fsp3) is 0.907. The van der Waals surface area contributed by atoms with Gasteiger partial charge in [-0.1, -0.05) is 557 Å². The molecule has 21 heteroatoms. The molecule has 1 N–H and O–H groups in total. The molecule has 12 fully saturated rings. The van der Waals surface area contributed by atoms with E-state index < -0.39 is 32.3 Å². The molecule has 0 aromatic rings. The maximum atomic E-state index is 11.5. The number of aliphatic hydroxyl groups excluding tert-OH is 1. The Hall–Kier alpha value is 4.55. The van der Waals surface area contributed by atoms with Gasteiger partial charge in [0.05, 0.1) is 70.9 Å². The number of carbonyl (C=O) groups excluding carboxylic acids is 2. The monoisotopic (exact) mass is 2450 g/mol. The topological polar surface area (TPSA) is 119 Å². The zero-order chi connectivity index (χ0) is 94.4. The molecule has 2 saturated heterocycles. The summed E-state index contributed by atoms with van der Waals surface area (Å²) >= 11 is 0. The fourth-order valence-electron chi connectivity index (χ4n) is 26.4.